The van der Waals surface area contributed by atoms with E-state index in [4.69, 9.17) is 0 Å². The van der Waals surface area contributed by atoms with Gasteiger partial charge in [-0.3, -0.25) is 10.0 Å². The summed E-state index contributed by atoms with van der Waals surface area (Å²) in [6.45, 7) is 3.07. The van der Waals surface area contributed by atoms with E-state index in [1.165, 1.54) is 0 Å². The standard InChI is InChI=1S/C6H16N4/c1-5-6-10(4)8-7-9(2)3/h5-6H2,1-4H3/b8-7-. The molecule has 4 nitrogen and oxygen atoms in total. The lowest BCUT2D eigenvalue weighted by Crippen LogP contribution is -2.12. The lowest BCUT2D eigenvalue weighted by atomic mass is 10.5. The summed E-state index contributed by atoms with van der Waals surface area (Å²) in [5.74, 6) is 0. The molecule has 0 saturated carbocycles. The minimum Gasteiger partial charge on any atom is -0.283 e. The van der Waals surface area contributed by atoms with E-state index in [2.05, 4.69) is 17.4 Å². The second kappa shape index (κ2) is 5.02. The van der Waals surface area contributed by atoms with Gasteiger partial charge in [-0.2, -0.15) is 0 Å². The third-order valence-electron chi connectivity index (χ3n) is 0.919. The Morgan fingerprint density at radius 2 is 1.70 bits per heavy atom. The fourth-order valence-corrected chi connectivity index (χ4v) is 0.517. The van der Waals surface area contributed by atoms with Crippen LogP contribution < -0.4 is 0 Å². The lowest BCUT2D eigenvalue weighted by molar-refractivity contribution is 0.274. The van der Waals surface area contributed by atoms with E-state index in [0.29, 0.717) is 0 Å². The van der Waals surface area contributed by atoms with Crippen molar-refractivity contribution in [1.29, 1.82) is 0 Å². The largest absolute Gasteiger partial charge is 0.283 e. The fourth-order valence-electron chi connectivity index (χ4n) is 0.517. The molecule has 0 aromatic heterocycles. The van der Waals surface area contributed by atoms with Gasteiger partial charge in [-0.25, -0.2) is 0 Å². The Kier molecular flexibility index (Phi) is 4.62. The molecule has 0 aliphatic heterocycles. The molecule has 0 aromatic carbocycles. The molecule has 4 heteroatoms. The third-order valence-corrected chi connectivity index (χ3v) is 0.919. The molecule has 0 bridgehead atoms. The van der Waals surface area contributed by atoms with Gasteiger partial charge >= 0.3 is 0 Å². The highest BCUT2D eigenvalue weighted by atomic mass is 15.6. The number of nitrogens with zero attached hydrogens (tertiary/aromatic N) is 4. The highest BCUT2D eigenvalue weighted by molar-refractivity contribution is 4.35. The summed E-state index contributed by atoms with van der Waals surface area (Å²) in [6, 6.07) is 0. The second-order valence-electron chi connectivity index (χ2n) is 2.41. The van der Waals surface area contributed by atoms with Crippen LogP contribution >= 0.6 is 0 Å². The maximum absolute atomic E-state index is 3.90. The molecular weight excluding hydrogens is 128 g/mol. The summed E-state index contributed by atoms with van der Waals surface area (Å²) in [7, 11) is 5.61. The maximum Gasteiger partial charge on any atom is 0.0371 e. The van der Waals surface area contributed by atoms with Crippen molar-refractivity contribution in [1.82, 2.24) is 10.0 Å². The highest BCUT2D eigenvalue weighted by Gasteiger charge is 1.87. The number of hydrogen-bond acceptors (Lipinski definition) is 2. The van der Waals surface area contributed by atoms with Gasteiger partial charge in [-0.15, -0.1) is 0 Å². The number of hydrogen-bond donors (Lipinski definition) is 0. The smallest absolute Gasteiger partial charge is 0.0371 e. The predicted molar refractivity (Wildman–Crippen MR) is 41.5 cm³/mol. The van der Waals surface area contributed by atoms with Crippen LogP contribution in [-0.4, -0.2) is 37.7 Å². The SMILES string of the molecule is CCCN(C)/N=N\N(C)C. The van der Waals surface area contributed by atoms with Crippen molar-refractivity contribution in [2.24, 2.45) is 10.4 Å². The van der Waals surface area contributed by atoms with Crippen LogP contribution in [0.3, 0.4) is 0 Å². The van der Waals surface area contributed by atoms with Crippen LogP contribution in [0.1, 0.15) is 13.3 Å². The minimum atomic E-state index is 0.956. The molecule has 0 unspecified atom stereocenters. The molecule has 0 aliphatic carbocycles. The van der Waals surface area contributed by atoms with Gasteiger partial charge in [0.15, 0.2) is 0 Å². The average Bonchev–Trinajstić information content (AvgIpc) is 1.85. The van der Waals surface area contributed by atoms with Crippen LogP contribution in [0.15, 0.2) is 10.4 Å². The van der Waals surface area contributed by atoms with Crippen LogP contribution in [0.5, 0.6) is 0 Å². The van der Waals surface area contributed by atoms with Crippen LogP contribution in [0.4, 0.5) is 0 Å². The van der Waals surface area contributed by atoms with E-state index in [1.54, 1.807) is 5.01 Å². The number of rotatable bonds is 4. The van der Waals surface area contributed by atoms with Gasteiger partial charge in [0.1, 0.15) is 0 Å². The molecule has 0 saturated heterocycles. The summed E-state index contributed by atoms with van der Waals surface area (Å²) < 4.78 is 0. The van der Waals surface area contributed by atoms with Crippen LogP contribution in [0, 0.1) is 0 Å². The monoisotopic (exact) mass is 144 g/mol. The zero-order chi connectivity index (χ0) is 7.98. The molecule has 0 spiro atoms. The highest BCUT2D eigenvalue weighted by Crippen LogP contribution is 1.88. The molecule has 0 atom stereocenters. The van der Waals surface area contributed by atoms with Crippen molar-refractivity contribution in [3.05, 3.63) is 0 Å². The Hall–Kier alpha value is -0.800. The van der Waals surface area contributed by atoms with E-state index in [1.807, 2.05) is 26.2 Å². The Bertz CT molecular complexity index is 99.9. The third kappa shape index (κ3) is 5.34. The van der Waals surface area contributed by atoms with Crippen molar-refractivity contribution in [3.63, 3.8) is 0 Å². The van der Waals surface area contributed by atoms with Gasteiger partial charge in [0.05, 0.1) is 0 Å². The molecule has 0 heterocycles. The molecular formula is C6H16N4. The topological polar surface area (TPSA) is 31.2 Å². The molecule has 0 fully saturated rings. The van der Waals surface area contributed by atoms with Crippen molar-refractivity contribution in [3.8, 4) is 0 Å². The minimum absolute atomic E-state index is 0.956. The molecule has 10 heavy (non-hydrogen) atoms. The van der Waals surface area contributed by atoms with Gasteiger partial charge in [0.25, 0.3) is 0 Å². The van der Waals surface area contributed by atoms with Crippen LogP contribution in [0.2, 0.25) is 0 Å². The van der Waals surface area contributed by atoms with Crippen LogP contribution in [0.25, 0.3) is 0 Å². The Balaban J connectivity index is 3.45. The molecule has 0 radical (unpaired) electrons. The normalized spacial score (nSPS) is 10.4. The first kappa shape index (κ1) is 9.20. The summed E-state index contributed by atoms with van der Waals surface area (Å²) >= 11 is 0. The molecule has 0 aromatic rings. The summed E-state index contributed by atoms with van der Waals surface area (Å²) in [5, 5.41) is 11.2. The van der Waals surface area contributed by atoms with Crippen molar-refractivity contribution in [2.45, 2.75) is 13.3 Å². The Labute approximate surface area is 62.5 Å². The molecule has 60 valence electrons. The zero-order valence-electron chi connectivity index (χ0n) is 7.20. The zero-order valence-corrected chi connectivity index (χ0v) is 7.20. The molecule has 0 rings (SSSR count). The lowest BCUT2D eigenvalue weighted by Gasteiger charge is -2.09. The summed E-state index contributed by atoms with van der Waals surface area (Å²) in [4.78, 5) is 0. The van der Waals surface area contributed by atoms with Gasteiger partial charge < -0.3 is 0 Å². The van der Waals surface area contributed by atoms with E-state index >= 15 is 0 Å². The van der Waals surface area contributed by atoms with Crippen molar-refractivity contribution in [2.75, 3.05) is 27.7 Å². The van der Waals surface area contributed by atoms with Gasteiger partial charge in [0, 0.05) is 27.7 Å². The first-order chi connectivity index (χ1) is 4.66. The fraction of sp³-hybridized carbons (Fsp3) is 1.00. The second-order valence-corrected chi connectivity index (χ2v) is 2.41. The predicted octanol–water partition coefficient (Wildman–Crippen LogP) is 1.17. The van der Waals surface area contributed by atoms with E-state index in [-0.39, 0.29) is 0 Å². The van der Waals surface area contributed by atoms with E-state index in [9.17, 15) is 0 Å². The molecule has 0 amide bonds. The van der Waals surface area contributed by atoms with Gasteiger partial charge in [-0.1, -0.05) is 17.4 Å². The van der Waals surface area contributed by atoms with E-state index < -0.39 is 0 Å². The average molecular weight is 144 g/mol. The first-order valence-electron chi connectivity index (χ1n) is 3.46. The first-order valence-corrected chi connectivity index (χ1v) is 3.46. The van der Waals surface area contributed by atoms with Crippen LogP contribution in [-0.2, 0) is 0 Å². The summed E-state index contributed by atoms with van der Waals surface area (Å²) in [5.41, 5.74) is 0. The maximum atomic E-state index is 3.90. The van der Waals surface area contributed by atoms with Crippen molar-refractivity contribution < 1.29 is 0 Å². The van der Waals surface area contributed by atoms with E-state index in [0.717, 1.165) is 13.0 Å². The Morgan fingerprint density at radius 3 is 2.10 bits per heavy atom. The van der Waals surface area contributed by atoms with Gasteiger partial charge in [-0.05, 0) is 6.42 Å². The molecule has 0 aliphatic rings. The summed E-state index contributed by atoms with van der Waals surface area (Å²) in [6.07, 6.45) is 1.10. The van der Waals surface area contributed by atoms with Crippen molar-refractivity contribution >= 4 is 0 Å². The quantitative estimate of drug-likeness (QED) is 0.438. The Morgan fingerprint density at radius 1 is 1.10 bits per heavy atom. The van der Waals surface area contributed by atoms with Gasteiger partial charge in [0.2, 0.25) is 0 Å². The molecule has 0 N–H and O–H groups in total.